The Hall–Kier alpha value is -5.98. The molecular weight excluding hydrogens is 584 g/mol. The molecule has 0 spiro atoms. The molecule has 7 aromatic rings. The number of nitrogens with two attached hydrogens (primary N) is 1. The van der Waals surface area contributed by atoms with Crippen LogP contribution in [0.25, 0.3) is 44.3 Å². The van der Waals surface area contributed by atoms with E-state index >= 15 is 0 Å². The average molecular weight is 615 g/mol. The number of ether oxygens (including phenoxy) is 1. The molecule has 8 rings (SSSR count). The van der Waals surface area contributed by atoms with Crippen molar-refractivity contribution >= 4 is 27.8 Å². The lowest BCUT2D eigenvalue weighted by molar-refractivity contribution is 0.134. The molecule has 0 amide bonds. The minimum absolute atomic E-state index is 0.0646. The Balaban J connectivity index is 1.34. The second-order valence-electron chi connectivity index (χ2n) is 11.9. The molecule has 13 heteroatoms. The third-order valence-electron chi connectivity index (χ3n) is 8.36. The summed E-state index contributed by atoms with van der Waals surface area (Å²) >= 11 is 0. The smallest absolute Gasteiger partial charge is 0.281 e. The molecule has 0 fully saturated rings. The molecule has 0 bridgehead atoms. The maximum atomic E-state index is 14.4. The minimum atomic E-state index is -0.508. The SMILES string of the molecule is CCn1cc(-c2cccc3nc(Cn4nc(-c5ccc(O)c6c5CC(C)(C)O6)c5c(N)ncnc54)n(-n4cccc4)c(=O)c23)cn1. The first-order valence-corrected chi connectivity index (χ1v) is 14.9. The van der Waals surface area contributed by atoms with E-state index in [0.717, 1.165) is 22.3 Å². The molecule has 0 unspecified atom stereocenters. The van der Waals surface area contributed by atoms with E-state index in [1.807, 2.05) is 68.0 Å². The summed E-state index contributed by atoms with van der Waals surface area (Å²) in [4.78, 5) is 28.3. The third kappa shape index (κ3) is 4.23. The molecule has 0 radical (unpaired) electrons. The third-order valence-corrected chi connectivity index (χ3v) is 8.36. The number of nitrogens with zero attached hydrogens (tertiary/aromatic N) is 9. The van der Waals surface area contributed by atoms with E-state index in [2.05, 4.69) is 15.1 Å². The van der Waals surface area contributed by atoms with Crippen LogP contribution >= 0.6 is 0 Å². The van der Waals surface area contributed by atoms with Crippen molar-refractivity contribution in [1.29, 1.82) is 0 Å². The van der Waals surface area contributed by atoms with Crippen molar-refractivity contribution < 1.29 is 9.84 Å². The monoisotopic (exact) mass is 614 g/mol. The van der Waals surface area contributed by atoms with Gasteiger partial charge >= 0.3 is 0 Å². The molecule has 0 saturated carbocycles. The number of nitrogen functional groups attached to an aromatic ring is 1. The standard InChI is InChI=1S/C33H30N10O3/c1-4-40-16-19(15-37-40)20-8-7-9-23-26(20)32(45)43(41-12-5-6-13-41)25(38-23)17-42-31-27(30(34)35-18-36-31)28(39-42)21-10-11-24(44)29-22(21)14-33(2,3)46-29/h5-13,15-16,18,44H,4,14,17H2,1-3H3,(H2,34,35,36). The Bertz CT molecular complexity index is 2370. The number of fused-ring (bicyclic) bond motifs is 3. The summed E-state index contributed by atoms with van der Waals surface area (Å²) in [7, 11) is 0. The highest BCUT2D eigenvalue weighted by Gasteiger charge is 2.35. The molecule has 46 heavy (non-hydrogen) atoms. The van der Waals surface area contributed by atoms with Gasteiger partial charge in [0.1, 0.15) is 30.0 Å². The highest BCUT2D eigenvalue weighted by molar-refractivity contribution is 5.99. The molecule has 0 saturated heterocycles. The van der Waals surface area contributed by atoms with Gasteiger partial charge in [0.25, 0.3) is 5.56 Å². The molecule has 0 atom stereocenters. The Morgan fingerprint density at radius 2 is 1.87 bits per heavy atom. The topological polar surface area (TPSA) is 157 Å². The normalized spacial score (nSPS) is 13.8. The first kappa shape index (κ1) is 27.6. The van der Waals surface area contributed by atoms with Crippen LogP contribution in [0.4, 0.5) is 5.82 Å². The van der Waals surface area contributed by atoms with Gasteiger partial charge in [-0.3, -0.25) is 14.2 Å². The highest BCUT2D eigenvalue weighted by atomic mass is 16.5. The fourth-order valence-corrected chi connectivity index (χ4v) is 6.31. The van der Waals surface area contributed by atoms with Crippen LogP contribution < -0.4 is 16.0 Å². The van der Waals surface area contributed by atoms with Gasteiger partial charge in [-0.2, -0.15) is 14.9 Å². The lowest BCUT2D eigenvalue weighted by atomic mass is 9.95. The maximum absolute atomic E-state index is 14.4. The lowest BCUT2D eigenvalue weighted by Crippen LogP contribution is -2.31. The fourth-order valence-electron chi connectivity index (χ4n) is 6.31. The lowest BCUT2D eigenvalue weighted by Gasteiger charge is -2.16. The number of hydrogen-bond acceptors (Lipinski definition) is 9. The van der Waals surface area contributed by atoms with E-state index in [-0.39, 0.29) is 23.7 Å². The summed E-state index contributed by atoms with van der Waals surface area (Å²) in [5.74, 6) is 1.19. The second-order valence-corrected chi connectivity index (χ2v) is 11.9. The average Bonchev–Trinajstić information content (AvgIpc) is 3.84. The maximum Gasteiger partial charge on any atom is 0.281 e. The minimum Gasteiger partial charge on any atom is -0.504 e. The van der Waals surface area contributed by atoms with E-state index in [0.29, 0.717) is 52.2 Å². The fraction of sp³-hybridized carbons (Fsp3) is 0.212. The van der Waals surface area contributed by atoms with Gasteiger partial charge in [-0.05, 0) is 56.7 Å². The molecule has 2 aromatic carbocycles. The van der Waals surface area contributed by atoms with Crippen LogP contribution in [0.5, 0.6) is 11.5 Å². The quantitative estimate of drug-likeness (QED) is 0.279. The highest BCUT2D eigenvalue weighted by Crippen LogP contribution is 2.47. The van der Waals surface area contributed by atoms with E-state index in [4.69, 9.17) is 20.6 Å². The number of benzene rings is 2. The van der Waals surface area contributed by atoms with Crippen molar-refractivity contribution in [2.45, 2.75) is 45.9 Å². The van der Waals surface area contributed by atoms with E-state index in [9.17, 15) is 9.90 Å². The molecule has 230 valence electrons. The van der Waals surface area contributed by atoms with Gasteiger partial charge in [0.2, 0.25) is 0 Å². The van der Waals surface area contributed by atoms with Gasteiger partial charge in [-0.1, -0.05) is 12.1 Å². The predicted molar refractivity (Wildman–Crippen MR) is 172 cm³/mol. The van der Waals surface area contributed by atoms with Gasteiger partial charge in [0.05, 0.1) is 22.5 Å². The first-order valence-electron chi connectivity index (χ1n) is 14.9. The van der Waals surface area contributed by atoms with Crippen molar-refractivity contribution in [3.05, 3.63) is 95.3 Å². The number of aromatic nitrogens is 9. The Kier molecular flexibility index (Phi) is 6.00. The van der Waals surface area contributed by atoms with Crippen molar-refractivity contribution in [3.8, 4) is 33.9 Å². The molecule has 1 aliphatic heterocycles. The molecule has 1 aliphatic rings. The zero-order valence-corrected chi connectivity index (χ0v) is 25.4. The number of aromatic hydroxyl groups is 1. The summed E-state index contributed by atoms with van der Waals surface area (Å²) in [6, 6.07) is 12.7. The summed E-state index contributed by atoms with van der Waals surface area (Å²) < 4.78 is 12.9. The Morgan fingerprint density at radius 3 is 2.65 bits per heavy atom. The number of aryl methyl sites for hydroxylation is 1. The van der Waals surface area contributed by atoms with E-state index in [1.165, 1.54) is 6.33 Å². The van der Waals surface area contributed by atoms with Crippen molar-refractivity contribution in [3.63, 3.8) is 0 Å². The van der Waals surface area contributed by atoms with Crippen molar-refractivity contribution in [1.82, 2.24) is 43.9 Å². The van der Waals surface area contributed by atoms with Crippen LogP contribution in [0.1, 0.15) is 32.2 Å². The van der Waals surface area contributed by atoms with Gasteiger partial charge in [0.15, 0.2) is 23.0 Å². The number of hydrogen-bond donors (Lipinski definition) is 2. The summed E-state index contributed by atoms with van der Waals surface area (Å²) in [6.07, 6.45) is 9.24. The van der Waals surface area contributed by atoms with E-state index < -0.39 is 5.60 Å². The van der Waals surface area contributed by atoms with Gasteiger partial charge in [-0.15, -0.1) is 0 Å². The van der Waals surface area contributed by atoms with Gasteiger partial charge < -0.3 is 15.6 Å². The number of phenols is 1. The van der Waals surface area contributed by atoms with Crippen LogP contribution in [0.15, 0.2) is 78.4 Å². The molecule has 6 heterocycles. The summed E-state index contributed by atoms with van der Waals surface area (Å²) in [6.45, 7) is 6.76. The van der Waals surface area contributed by atoms with Crippen molar-refractivity contribution in [2.75, 3.05) is 5.73 Å². The van der Waals surface area contributed by atoms with Crippen LogP contribution in [0, 0.1) is 0 Å². The van der Waals surface area contributed by atoms with Crippen LogP contribution in [-0.4, -0.2) is 54.6 Å². The number of phenolic OH excluding ortho intramolecular Hbond substituents is 1. The molecule has 0 aliphatic carbocycles. The second kappa shape index (κ2) is 10.0. The zero-order valence-electron chi connectivity index (χ0n) is 25.4. The van der Waals surface area contributed by atoms with E-state index in [1.54, 1.807) is 38.7 Å². The molecule has 5 aromatic heterocycles. The van der Waals surface area contributed by atoms with Crippen molar-refractivity contribution in [2.24, 2.45) is 0 Å². The summed E-state index contributed by atoms with van der Waals surface area (Å²) in [5.41, 5.74) is 10.5. The van der Waals surface area contributed by atoms with Gasteiger partial charge in [-0.25, -0.2) is 19.6 Å². The predicted octanol–water partition coefficient (Wildman–Crippen LogP) is 4.25. The van der Waals surface area contributed by atoms with Crippen LogP contribution in [-0.2, 0) is 19.5 Å². The number of rotatable bonds is 6. The Morgan fingerprint density at radius 1 is 1.04 bits per heavy atom. The molecular formula is C33H30N10O3. The Labute approximate surface area is 262 Å². The number of anilines is 1. The molecule has 13 nitrogen and oxygen atoms in total. The zero-order chi connectivity index (χ0) is 31.7. The molecule has 3 N–H and O–H groups in total. The summed E-state index contributed by atoms with van der Waals surface area (Å²) in [5, 5.41) is 21.1. The van der Waals surface area contributed by atoms with Crippen LogP contribution in [0.3, 0.4) is 0 Å². The van der Waals surface area contributed by atoms with Gasteiger partial charge in [0, 0.05) is 48.2 Å². The first-order chi connectivity index (χ1) is 22.2. The van der Waals surface area contributed by atoms with Crippen LogP contribution in [0.2, 0.25) is 0 Å². The largest absolute Gasteiger partial charge is 0.504 e.